The number of Topliss-reactive ketones (excluding diaryl/α,β-unsaturated/α-hetero) is 1. The molecule has 1 heterocycles. The number of halogens is 3. The summed E-state index contributed by atoms with van der Waals surface area (Å²) < 4.78 is 42.6. The van der Waals surface area contributed by atoms with Gasteiger partial charge in [-0.05, 0) is 55.8 Å². The summed E-state index contributed by atoms with van der Waals surface area (Å²) in [6.45, 7) is 3.81. The fourth-order valence-electron chi connectivity index (χ4n) is 1.72. The summed E-state index contributed by atoms with van der Waals surface area (Å²) in [4.78, 5) is 11.5. The summed E-state index contributed by atoms with van der Waals surface area (Å²) in [6.07, 6.45) is -4.79. The van der Waals surface area contributed by atoms with Crippen molar-refractivity contribution in [2.75, 3.05) is 0 Å². The maximum Gasteiger partial charge on any atom is 0.455 e. The minimum absolute atomic E-state index is 0.0496. The molecule has 0 unspecified atom stereocenters. The number of rotatable bonds is 4. The molecule has 0 bridgehead atoms. The monoisotopic (exact) mass is 314 g/mol. The molecule has 0 atom stereocenters. The largest absolute Gasteiger partial charge is 0.491 e. The highest BCUT2D eigenvalue weighted by Crippen LogP contribution is 2.32. The van der Waals surface area contributed by atoms with Crippen LogP contribution in [0, 0.1) is 0 Å². The molecule has 2 nitrogen and oxygen atoms in total. The van der Waals surface area contributed by atoms with E-state index in [4.69, 9.17) is 4.74 Å². The number of hydrogen-bond acceptors (Lipinski definition) is 3. The van der Waals surface area contributed by atoms with E-state index in [0.29, 0.717) is 10.6 Å². The number of hydrogen-bond donors (Lipinski definition) is 0. The second-order valence-electron chi connectivity index (χ2n) is 4.68. The molecule has 0 aliphatic carbocycles. The molecule has 1 aromatic carbocycles. The minimum Gasteiger partial charge on any atom is -0.491 e. The van der Waals surface area contributed by atoms with Crippen molar-refractivity contribution in [1.82, 2.24) is 0 Å². The zero-order valence-electron chi connectivity index (χ0n) is 11.4. The second-order valence-corrected chi connectivity index (χ2v) is 5.77. The molecule has 21 heavy (non-hydrogen) atoms. The molecule has 2 aromatic rings. The molecule has 0 aliphatic rings. The first-order valence-electron chi connectivity index (χ1n) is 6.26. The molecule has 1 aromatic heterocycles. The Kier molecular flexibility index (Phi) is 4.37. The summed E-state index contributed by atoms with van der Waals surface area (Å²) in [7, 11) is 0. The van der Waals surface area contributed by atoms with Crippen LogP contribution >= 0.6 is 11.3 Å². The fraction of sp³-hybridized carbons (Fsp3) is 0.267. The number of benzene rings is 1. The highest BCUT2D eigenvalue weighted by molar-refractivity contribution is 7.17. The minimum atomic E-state index is -4.84. The number of thiophene rings is 1. The molecule has 0 amide bonds. The lowest BCUT2D eigenvalue weighted by Gasteiger charge is -2.09. The van der Waals surface area contributed by atoms with Gasteiger partial charge in [0.05, 0.1) is 11.0 Å². The van der Waals surface area contributed by atoms with Gasteiger partial charge in [0.1, 0.15) is 5.75 Å². The van der Waals surface area contributed by atoms with Crippen molar-refractivity contribution in [3.05, 3.63) is 41.3 Å². The van der Waals surface area contributed by atoms with Crippen molar-refractivity contribution < 1.29 is 22.7 Å². The number of carbonyl (C=O) groups excluding carboxylic acids is 1. The lowest BCUT2D eigenvalue weighted by atomic mass is 10.2. The van der Waals surface area contributed by atoms with Gasteiger partial charge in [-0.2, -0.15) is 13.2 Å². The molecule has 0 aliphatic heterocycles. The summed E-state index contributed by atoms with van der Waals surface area (Å²) in [5, 5.41) is 0. The Balaban J connectivity index is 2.20. The third-order valence-corrected chi connectivity index (χ3v) is 3.73. The van der Waals surface area contributed by atoms with Crippen LogP contribution in [0.15, 0.2) is 36.4 Å². The summed E-state index contributed by atoms with van der Waals surface area (Å²) in [5.74, 6) is -1.12. The van der Waals surface area contributed by atoms with E-state index in [1.54, 1.807) is 24.3 Å². The molecular weight excluding hydrogens is 301 g/mol. The van der Waals surface area contributed by atoms with Gasteiger partial charge in [-0.15, -0.1) is 11.3 Å². The zero-order valence-corrected chi connectivity index (χ0v) is 12.2. The number of alkyl halides is 3. The van der Waals surface area contributed by atoms with E-state index in [1.165, 1.54) is 12.1 Å². The molecule has 0 radical (unpaired) electrons. The van der Waals surface area contributed by atoms with Crippen molar-refractivity contribution in [2.24, 2.45) is 0 Å². The molecule has 0 N–H and O–H groups in total. The zero-order chi connectivity index (χ0) is 15.6. The van der Waals surface area contributed by atoms with Crippen LogP contribution in [-0.2, 0) is 0 Å². The lowest BCUT2D eigenvalue weighted by Crippen LogP contribution is -2.21. The molecular formula is C15H13F3O2S. The Hall–Kier alpha value is -1.82. The smallest absolute Gasteiger partial charge is 0.455 e. The van der Waals surface area contributed by atoms with Gasteiger partial charge in [-0.3, -0.25) is 4.79 Å². The van der Waals surface area contributed by atoms with E-state index >= 15 is 0 Å². The topological polar surface area (TPSA) is 26.3 Å². The first kappa shape index (κ1) is 15.6. The van der Waals surface area contributed by atoms with Crippen LogP contribution in [0.2, 0.25) is 0 Å². The van der Waals surface area contributed by atoms with E-state index in [-0.39, 0.29) is 11.0 Å². The predicted molar refractivity (Wildman–Crippen MR) is 75.9 cm³/mol. The third kappa shape index (κ3) is 3.85. The van der Waals surface area contributed by atoms with Crippen molar-refractivity contribution in [3.63, 3.8) is 0 Å². The van der Waals surface area contributed by atoms with E-state index in [1.807, 2.05) is 13.8 Å². The molecule has 112 valence electrons. The van der Waals surface area contributed by atoms with Crippen molar-refractivity contribution >= 4 is 17.1 Å². The Bertz CT molecular complexity index is 627. The standard InChI is InChI=1S/C15H13F3O2S/c1-9(2)20-11-5-3-10(4-6-11)12-7-8-13(21-12)14(19)15(16,17)18/h3-9H,1-2H3. The SMILES string of the molecule is CC(C)Oc1ccc(-c2ccc(C(=O)C(F)(F)F)s2)cc1. The Labute approximate surface area is 124 Å². The number of carbonyl (C=O) groups is 1. The average molecular weight is 314 g/mol. The maximum atomic E-state index is 12.4. The van der Waals surface area contributed by atoms with Crippen LogP contribution < -0.4 is 4.74 Å². The molecule has 6 heteroatoms. The van der Waals surface area contributed by atoms with E-state index < -0.39 is 12.0 Å². The van der Waals surface area contributed by atoms with Crippen LogP contribution in [0.25, 0.3) is 10.4 Å². The van der Waals surface area contributed by atoms with Crippen LogP contribution in [0.3, 0.4) is 0 Å². The quantitative estimate of drug-likeness (QED) is 0.747. The lowest BCUT2D eigenvalue weighted by molar-refractivity contribution is -0.0882. The second kappa shape index (κ2) is 5.89. The molecule has 0 saturated carbocycles. The van der Waals surface area contributed by atoms with Gasteiger partial charge in [0.25, 0.3) is 5.78 Å². The summed E-state index contributed by atoms with van der Waals surface area (Å²) in [6, 6.07) is 9.73. The van der Waals surface area contributed by atoms with Crippen molar-refractivity contribution in [3.8, 4) is 16.2 Å². The van der Waals surface area contributed by atoms with E-state index in [9.17, 15) is 18.0 Å². The van der Waals surface area contributed by atoms with Gasteiger partial charge in [-0.1, -0.05) is 0 Å². The molecule has 2 rings (SSSR count). The van der Waals surface area contributed by atoms with Crippen molar-refractivity contribution in [2.45, 2.75) is 26.1 Å². The molecule has 0 saturated heterocycles. The van der Waals surface area contributed by atoms with Gasteiger partial charge in [0.2, 0.25) is 0 Å². The highest BCUT2D eigenvalue weighted by Gasteiger charge is 2.40. The van der Waals surface area contributed by atoms with E-state index in [2.05, 4.69) is 0 Å². The Morgan fingerprint density at radius 3 is 2.24 bits per heavy atom. The van der Waals surface area contributed by atoms with Gasteiger partial charge >= 0.3 is 6.18 Å². The third-order valence-electron chi connectivity index (χ3n) is 2.60. The fourth-order valence-corrected chi connectivity index (χ4v) is 2.70. The average Bonchev–Trinajstić information content (AvgIpc) is 2.86. The van der Waals surface area contributed by atoms with Gasteiger partial charge in [-0.25, -0.2) is 0 Å². The van der Waals surface area contributed by atoms with Crippen LogP contribution in [0.4, 0.5) is 13.2 Å². The first-order chi connectivity index (χ1) is 9.77. The maximum absolute atomic E-state index is 12.4. The number of ketones is 1. The summed E-state index contributed by atoms with van der Waals surface area (Å²) >= 11 is 0.830. The molecule has 0 fully saturated rings. The predicted octanol–water partition coefficient (Wildman–Crippen LogP) is 4.95. The van der Waals surface area contributed by atoms with Gasteiger partial charge < -0.3 is 4.74 Å². The van der Waals surface area contributed by atoms with E-state index in [0.717, 1.165) is 16.9 Å². The van der Waals surface area contributed by atoms with Gasteiger partial charge in [0.15, 0.2) is 0 Å². The first-order valence-corrected chi connectivity index (χ1v) is 7.07. The molecule has 0 spiro atoms. The van der Waals surface area contributed by atoms with Gasteiger partial charge in [0, 0.05) is 4.88 Å². The van der Waals surface area contributed by atoms with Crippen LogP contribution in [0.1, 0.15) is 23.5 Å². The number of ether oxygens (including phenoxy) is 1. The van der Waals surface area contributed by atoms with Crippen molar-refractivity contribution in [1.29, 1.82) is 0 Å². The highest BCUT2D eigenvalue weighted by atomic mass is 32.1. The van der Waals surface area contributed by atoms with Crippen LogP contribution in [-0.4, -0.2) is 18.1 Å². The van der Waals surface area contributed by atoms with Crippen LogP contribution in [0.5, 0.6) is 5.75 Å². The normalized spacial score (nSPS) is 11.7. The summed E-state index contributed by atoms with van der Waals surface area (Å²) in [5.41, 5.74) is 0.748. The Morgan fingerprint density at radius 1 is 1.10 bits per heavy atom. The Morgan fingerprint density at radius 2 is 1.71 bits per heavy atom.